The Balaban J connectivity index is 1.57. The fourth-order valence-electron chi connectivity index (χ4n) is 3.79. The van der Waals surface area contributed by atoms with Gasteiger partial charge in [0, 0.05) is 18.4 Å². The fraction of sp³-hybridized carbons (Fsp3) is 0.550. The zero-order valence-corrected chi connectivity index (χ0v) is 16.2. The molecule has 142 valence electrons. The number of likely N-dealkylation sites (tertiary alicyclic amines) is 1. The maximum Gasteiger partial charge on any atom is 0.166 e. The van der Waals surface area contributed by atoms with Crippen LogP contribution in [0.4, 0.5) is 5.69 Å². The van der Waals surface area contributed by atoms with E-state index in [1.54, 1.807) is 12.1 Å². The molecular weight excluding hydrogens is 352 g/mol. The van der Waals surface area contributed by atoms with Crippen molar-refractivity contribution in [2.75, 3.05) is 25.4 Å². The lowest BCUT2D eigenvalue weighted by atomic mass is 9.89. The number of benzene rings is 1. The molecule has 2 heterocycles. The number of carbonyl (C=O) groups excluding carboxylic acids is 1. The van der Waals surface area contributed by atoms with Gasteiger partial charge in [0.1, 0.15) is 5.58 Å². The van der Waals surface area contributed by atoms with Gasteiger partial charge in [0.05, 0.1) is 28.1 Å². The van der Waals surface area contributed by atoms with Crippen molar-refractivity contribution in [1.82, 2.24) is 4.90 Å². The number of halogens is 1. The zero-order chi connectivity index (χ0) is 18.9. The van der Waals surface area contributed by atoms with E-state index in [4.69, 9.17) is 21.8 Å². The van der Waals surface area contributed by atoms with Crippen molar-refractivity contribution >= 4 is 34.0 Å². The summed E-state index contributed by atoms with van der Waals surface area (Å²) in [5.41, 5.74) is 6.78. The summed E-state index contributed by atoms with van der Waals surface area (Å²) in [4.78, 5) is 15.0. The van der Waals surface area contributed by atoms with Crippen LogP contribution in [0.2, 0.25) is 5.02 Å². The van der Waals surface area contributed by atoms with Crippen molar-refractivity contribution in [3.05, 3.63) is 29.0 Å². The van der Waals surface area contributed by atoms with Gasteiger partial charge >= 0.3 is 0 Å². The van der Waals surface area contributed by atoms with Gasteiger partial charge in [0.15, 0.2) is 5.78 Å². The smallest absolute Gasteiger partial charge is 0.166 e. The average molecular weight is 379 g/mol. The Labute approximate surface area is 159 Å². The van der Waals surface area contributed by atoms with Gasteiger partial charge in [-0.25, -0.2) is 0 Å². The topological polar surface area (TPSA) is 79.7 Å². The third kappa shape index (κ3) is 4.40. The summed E-state index contributed by atoms with van der Waals surface area (Å²) < 4.78 is 5.47. The summed E-state index contributed by atoms with van der Waals surface area (Å²) in [6, 6.07) is 3.36. The van der Waals surface area contributed by atoms with Crippen LogP contribution < -0.4 is 5.73 Å². The predicted molar refractivity (Wildman–Crippen MR) is 105 cm³/mol. The maximum absolute atomic E-state index is 12.7. The first-order valence-electron chi connectivity index (χ1n) is 9.18. The minimum absolute atomic E-state index is 0.0470. The number of Topliss-reactive ketones (excluding diaryl/α,β-unsaturated/α-hetero) is 1. The number of furan rings is 1. The summed E-state index contributed by atoms with van der Waals surface area (Å²) in [5.74, 6) is 0.583. The molecule has 3 N–H and O–H groups in total. The molecule has 1 aromatic heterocycles. The largest absolute Gasteiger partial charge is 0.463 e. The lowest BCUT2D eigenvalue weighted by molar-refractivity contribution is 0.0239. The summed E-state index contributed by atoms with van der Waals surface area (Å²) in [6.07, 6.45) is 4.99. The van der Waals surface area contributed by atoms with Crippen LogP contribution in [0, 0.1) is 5.92 Å². The van der Waals surface area contributed by atoms with E-state index < -0.39 is 5.60 Å². The molecule has 1 aromatic carbocycles. The molecule has 0 amide bonds. The van der Waals surface area contributed by atoms with E-state index >= 15 is 0 Å². The van der Waals surface area contributed by atoms with E-state index in [1.807, 2.05) is 13.8 Å². The van der Waals surface area contributed by atoms with Gasteiger partial charge in [-0.15, -0.1) is 0 Å². The Hall–Kier alpha value is -1.56. The average Bonchev–Trinajstić information content (AvgIpc) is 3.06. The second kappa shape index (κ2) is 7.59. The highest BCUT2D eigenvalue weighted by Crippen LogP contribution is 2.33. The van der Waals surface area contributed by atoms with Crippen molar-refractivity contribution in [3.8, 4) is 0 Å². The summed E-state index contributed by atoms with van der Waals surface area (Å²) >= 11 is 6.17. The molecule has 0 aliphatic carbocycles. The number of nitrogens with zero attached hydrogens (tertiary/aromatic N) is 1. The van der Waals surface area contributed by atoms with Gasteiger partial charge in [-0.05, 0) is 64.3 Å². The number of nitrogens with two attached hydrogens (primary N) is 1. The number of carbonyl (C=O) groups is 1. The number of fused-ring (bicyclic) bond motifs is 1. The number of β-amino-alcohol motifs (C(OH)–C–C–N with tert-alkyl or cyclic N) is 1. The van der Waals surface area contributed by atoms with Crippen molar-refractivity contribution in [3.63, 3.8) is 0 Å². The summed E-state index contributed by atoms with van der Waals surface area (Å²) in [5, 5.41) is 11.0. The highest BCUT2D eigenvalue weighted by molar-refractivity contribution is 6.35. The predicted octanol–water partition coefficient (Wildman–Crippen LogP) is 4.11. The Morgan fingerprint density at radius 3 is 2.77 bits per heavy atom. The Morgan fingerprint density at radius 2 is 2.12 bits per heavy atom. The molecule has 0 atom stereocenters. The molecule has 0 radical (unpaired) electrons. The Morgan fingerprint density at radius 1 is 1.42 bits per heavy atom. The molecule has 26 heavy (non-hydrogen) atoms. The highest BCUT2D eigenvalue weighted by atomic mass is 35.5. The summed E-state index contributed by atoms with van der Waals surface area (Å²) in [7, 11) is 0. The minimum atomic E-state index is -0.661. The molecule has 0 unspecified atom stereocenters. The van der Waals surface area contributed by atoms with Crippen molar-refractivity contribution in [1.29, 1.82) is 0 Å². The van der Waals surface area contributed by atoms with E-state index in [1.165, 1.54) is 6.26 Å². The molecule has 0 spiro atoms. The van der Waals surface area contributed by atoms with Crippen LogP contribution >= 0.6 is 11.6 Å². The first kappa shape index (κ1) is 19.2. The lowest BCUT2D eigenvalue weighted by Gasteiger charge is -2.35. The van der Waals surface area contributed by atoms with Gasteiger partial charge in [-0.2, -0.15) is 0 Å². The quantitative estimate of drug-likeness (QED) is 0.584. The fourth-order valence-corrected chi connectivity index (χ4v) is 4.00. The molecule has 3 rings (SSSR count). The molecule has 1 fully saturated rings. The van der Waals surface area contributed by atoms with Crippen LogP contribution in [0.15, 0.2) is 22.8 Å². The number of ketones is 1. The third-order valence-corrected chi connectivity index (χ3v) is 5.44. The zero-order valence-electron chi connectivity index (χ0n) is 15.4. The first-order valence-corrected chi connectivity index (χ1v) is 9.55. The highest BCUT2D eigenvalue weighted by Gasteiger charge is 2.25. The monoisotopic (exact) mass is 378 g/mol. The van der Waals surface area contributed by atoms with Crippen molar-refractivity contribution < 1.29 is 14.3 Å². The number of rotatable bonds is 6. The van der Waals surface area contributed by atoms with Crippen LogP contribution in [0.5, 0.6) is 0 Å². The Bertz CT molecular complexity index is 786. The van der Waals surface area contributed by atoms with E-state index in [-0.39, 0.29) is 5.78 Å². The molecule has 6 heteroatoms. The number of piperidine rings is 1. The van der Waals surface area contributed by atoms with Gasteiger partial charge in [-0.1, -0.05) is 11.6 Å². The molecule has 0 bridgehead atoms. The maximum atomic E-state index is 12.7. The molecule has 5 nitrogen and oxygen atoms in total. The van der Waals surface area contributed by atoms with Crippen molar-refractivity contribution in [2.45, 2.75) is 45.1 Å². The van der Waals surface area contributed by atoms with Gasteiger partial charge < -0.3 is 20.2 Å². The SMILES string of the molecule is CC(C)(O)CN1CCC(CCC(=O)c2cc(Cl)c(N)c3ccoc23)CC1. The molecule has 2 aromatic rings. The molecule has 1 aliphatic heterocycles. The number of anilines is 1. The molecule has 1 saturated heterocycles. The number of aliphatic hydroxyl groups is 1. The second-order valence-corrected chi connectivity index (χ2v) is 8.38. The standard InChI is InChI=1S/C20H27ClN2O3/c1-20(2,25)12-23-8-5-13(6-9-23)3-4-17(24)15-11-16(21)18(22)14-7-10-26-19(14)15/h7,10-11,13,25H,3-6,8-9,12,22H2,1-2H3. The number of hydrogen-bond donors (Lipinski definition) is 2. The van der Waals surface area contributed by atoms with Gasteiger partial charge in [0.2, 0.25) is 0 Å². The van der Waals surface area contributed by atoms with Crippen LogP contribution in [0.3, 0.4) is 0 Å². The van der Waals surface area contributed by atoms with E-state index in [9.17, 15) is 9.90 Å². The first-order chi connectivity index (χ1) is 12.2. The number of hydrogen-bond acceptors (Lipinski definition) is 5. The van der Waals surface area contributed by atoms with E-state index in [0.29, 0.717) is 46.1 Å². The molecule has 1 aliphatic rings. The second-order valence-electron chi connectivity index (χ2n) is 7.98. The van der Waals surface area contributed by atoms with Gasteiger partial charge in [-0.3, -0.25) is 4.79 Å². The Kier molecular flexibility index (Phi) is 5.61. The molecular formula is C20H27ClN2O3. The third-order valence-electron chi connectivity index (χ3n) is 5.13. The van der Waals surface area contributed by atoms with Crippen molar-refractivity contribution in [2.24, 2.45) is 5.92 Å². The van der Waals surface area contributed by atoms with Crippen LogP contribution in [0.25, 0.3) is 11.0 Å². The number of nitrogen functional groups attached to an aromatic ring is 1. The van der Waals surface area contributed by atoms with Crippen LogP contribution in [-0.2, 0) is 0 Å². The lowest BCUT2D eigenvalue weighted by Crippen LogP contribution is -2.42. The summed E-state index contributed by atoms with van der Waals surface area (Å²) in [6.45, 7) is 6.31. The van der Waals surface area contributed by atoms with Crippen LogP contribution in [-0.4, -0.2) is 41.0 Å². The normalized spacial score (nSPS) is 17.1. The minimum Gasteiger partial charge on any atom is -0.463 e. The van der Waals surface area contributed by atoms with Crippen LogP contribution in [0.1, 0.15) is 49.9 Å². The van der Waals surface area contributed by atoms with Gasteiger partial charge in [0.25, 0.3) is 0 Å². The van der Waals surface area contributed by atoms with E-state index in [0.717, 1.165) is 32.4 Å². The molecule has 0 saturated carbocycles. The van der Waals surface area contributed by atoms with E-state index in [2.05, 4.69) is 4.90 Å².